The highest BCUT2D eigenvalue weighted by atomic mass is 32.1. The van der Waals surface area contributed by atoms with E-state index < -0.39 is 5.92 Å². The van der Waals surface area contributed by atoms with Gasteiger partial charge in [-0.05, 0) is 24.6 Å². The fourth-order valence-corrected chi connectivity index (χ4v) is 2.62. The van der Waals surface area contributed by atoms with E-state index in [1.54, 1.807) is 23.5 Å². The molecule has 1 N–H and O–H groups in total. The van der Waals surface area contributed by atoms with E-state index in [-0.39, 0.29) is 5.91 Å². The van der Waals surface area contributed by atoms with Gasteiger partial charge in [-0.1, -0.05) is 30.3 Å². The number of nitriles is 1. The van der Waals surface area contributed by atoms with E-state index in [0.717, 1.165) is 10.4 Å². The van der Waals surface area contributed by atoms with Crippen LogP contribution in [0.4, 0.5) is 0 Å². The minimum absolute atomic E-state index is 0.250. The molecule has 19 heavy (non-hydrogen) atoms. The van der Waals surface area contributed by atoms with Crippen LogP contribution in [0.1, 0.15) is 21.2 Å². The molecule has 4 heteroatoms. The third-order valence-corrected chi connectivity index (χ3v) is 3.76. The van der Waals surface area contributed by atoms with Crippen molar-refractivity contribution in [3.63, 3.8) is 0 Å². The summed E-state index contributed by atoms with van der Waals surface area (Å²) in [6.45, 7) is 2.50. The molecular formula is C15H14N2OS. The van der Waals surface area contributed by atoms with Gasteiger partial charge in [0, 0.05) is 9.75 Å². The van der Waals surface area contributed by atoms with Gasteiger partial charge in [-0.2, -0.15) is 5.26 Å². The highest BCUT2D eigenvalue weighted by molar-refractivity contribution is 7.11. The molecule has 0 aliphatic heterocycles. The summed E-state index contributed by atoms with van der Waals surface area (Å²) in [4.78, 5) is 14.3. The molecule has 0 saturated carbocycles. The molecule has 2 aromatic rings. The minimum Gasteiger partial charge on any atom is -0.350 e. The van der Waals surface area contributed by atoms with Crippen molar-refractivity contribution in [3.8, 4) is 6.07 Å². The van der Waals surface area contributed by atoms with E-state index in [1.165, 1.54) is 4.88 Å². The van der Waals surface area contributed by atoms with Crippen LogP contribution in [0, 0.1) is 18.3 Å². The van der Waals surface area contributed by atoms with Gasteiger partial charge in [0.05, 0.1) is 12.6 Å². The van der Waals surface area contributed by atoms with Crippen LogP contribution in [0.2, 0.25) is 0 Å². The minimum atomic E-state index is -0.748. The fourth-order valence-electron chi connectivity index (χ4n) is 1.79. The lowest BCUT2D eigenvalue weighted by atomic mass is 10.00. The van der Waals surface area contributed by atoms with E-state index in [4.69, 9.17) is 5.26 Å². The molecule has 1 unspecified atom stereocenters. The first-order valence-electron chi connectivity index (χ1n) is 5.98. The molecule has 0 bridgehead atoms. The number of rotatable bonds is 4. The molecule has 0 radical (unpaired) electrons. The second kappa shape index (κ2) is 6.17. The molecule has 1 heterocycles. The molecule has 2 rings (SSSR count). The van der Waals surface area contributed by atoms with Gasteiger partial charge in [0.1, 0.15) is 5.92 Å². The third-order valence-electron chi connectivity index (χ3n) is 2.76. The zero-order valence-electron chi connectivity index (χ0n) is 10.6. The van der Waals surface area contributed by atoms with E-state index in [2.05, 4.69) is 11.4 Å². The van der Waals surface area contributed by atoms with Crippen molar-refractivity contribution in [3.05, 3.63) is 57.8 Å². The van der Waals surface area contributed by atoms with Crippen LogP contribution in [0.15, 0.2) is 42.5 Å². The number of nitrogens with one attached hydrogen (secondary N) is 1. The molecule has 1 aromatic carbocycles. The van der Waals surface area contributed by atoms with E-state index in [9.17, 15) is 4.79 Å². The number of thiophene rings is 1. The fraction of sp³-hybridized carbons (Fsp3) is 0.200. The SMILES string of the molecule is Cc1ccc(CNC(=O)C(C#N)c2ccccc2)s1. The Hall–Kier alpha value is -2.12. The van der Waals surface area contributed by atoms with Crippen LogP contribution in [0.5, 0.6) is 0 Å². The van der Waals surface area contributed by atoms with Gasteiger partial charge < -0.3 is 5.32 Å². The lowest BCUT2D eigenvalue weighted by Crippen LogP contribution is -2.27. The normalized spacial score (nSPS) is 11.6. The maximum Gasteiger partial charge on any atom is 0.242 e. The number of hydrogen-bond acceptors (Lipinski definition) is 3. The number of amides is 1. The monoisotopic (exact) mass is 270 g/mol. The van der Waals surface area contributed by atoms with Crippen LogP contribution in [0.25, 0.3) is 0 Å². The highest BCUT2D eigenvalue weighted by Crippen LogP contribution is 2.17. The molecule has 0 fully saturated rings. The Labute approximate surface area is 116 Å². The number of benzene rings is 1. The molecule has 0 spiro atoms. The van der Waals surface area contributed by atoms with Crippen molar-refractivity contribution in [2.45, 2.75) is 19.4 Å². The zero-order valence-corrected chi connectivity index (χ0v) is 11.4. The van der Waals surface area contributed by atoms with Crippen molar-refractivity contribution in [2.75, 3.05) is 0 Å². The average molecular weight is 270 g/mol. The molecule has 0 aliphatic rings. The van der Waals surface area contributed by atoms with Crippen molar-refractivity contribution >= 4 is 17.2 Å². The lowest BCUT2D eigenvalue weighted by Gasteiger charge is -2.09. The molecular weight excluding hydrogens is 256 g/mol. The van der Waals surface area contributed by atoms with Crippen molar-refractivity contribution in [1.82, 2.24) is 5.32 Å². The first-order chi connectivity index (χ1) is 9.20. The summed E-state index contributed by atoms with van der Waals surface area (Å²) in [6, 6.07) is 15.2. The van der Waals surface area contributed by atoms with Crippen LogP contribution < -0.4 is 5.32 Å². The van der Waals surface area contributed by atoms with E-state index in [0.29, 0.717) is 6.54 Å². The van der Waals surface area contributed by atoms with Gasteiger partial charge in [0.15, 0.2) is 0 Å². The molecule has 3 nitrogen and oxygen atoms in total. The average Bonchev–Trinajstić information content (AvgIpc) is 2.84. The zero-order chi connectivity index (χ0) is 13.7. The third kappa shape index (κ3) is 3.43. The van der Waals surface area contributed by atoms with Crippen molar-refractivity contribution < 1.29 is 4.79 Å². The Bertz CT molecular complexity index is 598. The topological polar surface area (TPSA) is 52.9 Å². The molecule has 0 aliphatic carbocycles. The van der Waals surface area contributed by atoms with Gasteiger partial charge in [-0.25, -0.2) is 0 Å². The quantitative estimate of drug-likeness (QED) is 0.928. The van der Waals surface area contributed by atoms with E-state index >= 15 is 0 Å². The summed E-state index contributed by atoms with van der Waals surface area (Å²) >= 11 is 1.65. The standard InChI is InChI=1S/C15H14N2OS/c1-11-7-8-13(19-11)10-17-15(18)14(9-16)12-5-3-2-4-6-12/h2-8,14H,10H2,1H3,(H,17,18). The second-order valence-corrected chi connectivity index (χ2v) is 5.58. The smallest absolute Gasteiger partial charge is 0.242 e. The largest absolute Gasteiger partial charge is 0.350 e. The number of nitrogens with zero attached hydrogens (tertiary/aromatic N) is 1. The van der Waals surface area contributed by atoms with Crippen molar-refractivity contribution in [2.24, 2.45) is 0 Å². The molecule has 1 aromatic heterocycles. The maximum atomic E-state index is 12.0. The lowest BCUT2D eigenvalue weighted by molar-refractivity contribution is -0.121. The predicted molar refractivity (Wildman–Crippen MR) is 75.7 cm³/mol. The Morgan fingerprint density at radius 2 is 2.05 bits per heavy atom. The summed E-state index contributed by atoms with van der Waals surface area (Å²) in [7, 11) is 0. The first kappa shape index (κ1) is 13.3. The summed E-state index contributed by atoms with van der Waals surface area (Å²) in [6.07, 6.45) is 0. The van der Waals surface area contributed by atoms with Gasteiger partial charge in [-0.15, -0.1) is 11.3 Å². The Morgan fingerprint density at radius 1 is 1.32 bits per heavy atom. The predicted octanol–water partition coefficient (Wildman–Crippen LogP) is 2.98. The summed E-state index contributed by atoms with van der Waals surface area (Å²) < 4.78 is 0. The van der Waals surface area contributed by atoms with E-state index in [1.807, 2.05) is 37.3 Å². The molecule has 1 amide bonds. The summed E-state index contributed by atoms with van der Waals surface area (Å²) in [5, 5.41) is 12.0. The van der Waals surface area contributed by atoms with Gasteiger partial charge in [0.2, 0.25) is 5.91 Å². The van der Waals surface area contributed by atoms with Gasteiger partial charge in [0.25, 0.3) is 0 Å². The molecule has 1 atom stereocenters. The number of carbonyl (C=O) groups is 1. The second-order valence-electron chi connectivity index (χ2n) is 4.20. The van der Waals surface area contributed by atoms with Gasteiger partial charge in [-0.3, -0.25) is 4.79 Å². The number of hydrogen-bond donors (Lipinski definition) is 1. The van der Waals surface area contributed by atoms with Crippen LogP contribution in [0.3, 0.4) is 0 Å². The Kier molecular flexibility index (Phi) is 4.32. The van der Waals surface area contributed by atoms with Gasteiger partial charge >= 0.3 is 0 Å². The van der Waals surface area contributed by atoms with Crippen LogP contribution in [-0.4, -0.2) is 5.91 Å². The van der Waals surface area contributed by atoms with Crippen LogP contribution >= 0.6 is 11.3 Å². The molecule has 96 valence electrons. The molecule has 0 saturated heterocycles. The Balaban J connectivity index is 2.00. The van der Waals surface area contributed by atoms with Crippen molar-refractivity contribution in [1.29, 1.82) is 5.26 Å². The van der Waals surface area contributed by atoms with Crippen LogP contribution in [-0.2, 0) is 11.3 Å². The maximum absolute atomic E-state index is 12.0. The highest BCUT2D eigenvalue weighted by Gasteiger charge is 2.19. The number of aryl methyl sites for hydroxylation is 1. The number of carbonyl (C=O) groups excluding carboxylic acids is 1. The first-order valence-corrected chi connectivity index (χ1v) is 6.80. The Morgan fingerprint density at radius 3 is 2.63 bits per heavy atom. The summed E-state index contributed by atoms with van der Waals surface area (Å²) in [5.41, 5.74) is 0.727. The summed E-state index contributed by atoms with van der Waals surface area (Å²) in [5.74, 6) is -0.998.